The van der Waals surface area contributed by atoms with E-state index in [0.29, 0.717) is 6.54 Å². The Kier molecular flexibility index (Phi) is 4.07. The minimum absolute atomic E-state index is 0.121. The highest BCUT2D eigenvalue weighted by Gasteiger charge is 2.13. The van der Waals surface area contributed by atoms with Gasteiger partial charge in [0.15, 0.2) is 0 Å². The first-order valence-corrected chi connectivity index (χ1v) is 5.80. The normalized spacial score (nSPS) is 10.4. The van der Waals surface area contributed by atoms with Crippen LogP contribution in [0.3, 0.4) is 0 Å². The first kappa shape index (κ1) is 13.0. The third-order valence-corrected chi connectivity index (χ3v) is 2.62. The van der Waals surface area contributed by atoms with Crippen molar-refractivity contribution in [3.05, 3.63) is 52.9 Å². The maximum Gasteiger partial charge on any atom is 0.292 e. The van der Waals surface area contributed by atoms with Crippen LogP contribution in [-0.4, -0.2) is 21.0 Å². The fourth-order valence-corrected chi connectivity index (χ4v) is 1.71. The number of aromatic nitrogens is 2. The molecule has 6 nitrogen and oxygen atoms in total. The molecule has 2 rings (SSSR count). The first-order valence-electron chi connectivity index (χ1n) is 5.80. The van der Waals surface area contributed by atoms with E-state index in [-0.39, 0.29) is 11.4 Å². The Morgan fingerprint density at radius 3 is 3.00 bits per heavy atom. The Morgan fingerprint density at radius 2 is 2.32 bits per heavy atom. The van der Waals surface area contributed by atoms with Crippen LogP contribution in [0.2, 0.25) is 0 Å². The largest absolute Gasteiger partial charge is 0.379 e. The van der Waals surface area contributed by atoms with Crippen LogP contribution in [0.1, 0.15) is 6.42 Å². The fraction of sp³-hybridized carbons (Fsp3) is 0.250. The van der Waals surface area contributed by atoms with E-state index in [1.165, 1.54) is 0 Å². The van der Waals surface area contributed by atoms with Gasteiger partial charge in [0, 0.05) is 37.6 Å². The monoisotopic (exact) mass is 264 g/mol. The first-order chi connectivity index (χ1) is 9.16. The molecular formula is C12H13FN4O2. The lowest BCUT2D eigenvalue weighted by Crippen LogP contribution is -2.07. The van der Waals surface area contributed by atoms with Crippen LogP contribution in [0.5, 0.6) is 0 Å². The topological polar surface area (TPSA) is 73.0 Å². The second-order valence-electron chi connectivity index (χ2n) is 4.00. The highest BCUT2D eigenvalue weighted by Crippen LogP contribution is 2.24. The smallest absolute Gasteiger partial charge is 0.292 e. The van der Waals surface area contributed by atoms with Gasteiger partial charge >= 0.3 is 0 Å². The number of nitrogens with zero attached hydrogens (tertiary/aromatic N) is 3. The average molecular weight is 264 g/mol. The van der Waals surface area contributed by atoms with Gasteiger partial charge in [0.1, 0.15) is 11.5 Å². The minimum Gasteiger partial charge on any atom is -0.379 e. The zero-order valence-corrected chi connectivity index (χ0v) is 10.1. The summed E-state index contributed by atoms with van der Waals surface area (Å²) >= 11 is 0. The Balaban J connectivity index is 1.91. The van der Waals surface area contributed by atoms with Gasteiger partial charge < -0.3 is 9.88 Å². The van der Waals surface area contributed by atoms with Crippen molar-refractivity contribution in [3.63, 3.8) is 0 Å². The number of nitro groups is 1. The van der Waals surface area contributed by atoms with E-state index in [2.05, 4.69) is 10.3 Å². The molecule has 0 amide bonds. The number of halogens is 1. The van der Waals surface area contributed by atoms with Crippen molar-refractivity contribution >= 4 is 11.4 Å². The number of nitro benzene ring substituents is 1. The third kappa shape index (κ3) is 3.51. The van der Waals surface area contributed by atoms with Gasteiger partial charge in [-0.3, -0.25) is 10.1 Å². The molecule has 0 saturated heterocycles. The summed E-state index contributed by atoms with van der Waals surface area (Å²) in [6.45, 7) is 1.26. The van der Waals surface area contributed by atoms with Crippen molar-refractivity contribution in [3.8, 4) is 0 Å². The lowest BCUT2D eigenvalue weighted by atomic mass is 10.2. The maximum absolute atomic E-state index is 13.1. The molecule has 100 valence electrons. The van der Waals surface area contributed by atoms with Gasteiger partial charge in [0.2, 0.25) is 0 Å². The van der Waals surface area contributed by atoms with Crippen LogP contribution in [0.15, 0.2) is 36.9 Å². The Labute approximate surface area is 109 Å². The zero-order chi connectivity index (χ0) is 13.7. The van der Waals surface area contributed by atoms with Gasteiger partial charge in [-0.2, -0.15) is 0 Å². The number of imidazole rings is 1. The van der Waals surface area contributed by atoms with Gasteiger partial charge in [0.25, 0.3) is 5.69 Å². The summed E-state index contributed by atoms with van der Waals surface area (Å²) in [7, 11) is 0. The van der Waals surface area contributed by atoms with Crippen LogP contribution < -0.4 is 5.32 Å². The van der Waals surface area contributed by atoms with Crippen molar-refractivity contribution < 1.29 is 9.31 Å². The van der Waals surface area contributed by atoms with Gasteiger partial charge in [-0.05, 0) is 12.5 Å². The molecule has 0 unspecified atom stereocenters. The van der Waals surface area contributed by atoms with Gasteiger partial charge in [-0.25, -0.2) is 9.37 Å². The second kappa shape index (κ2) is 5.94. The highest BCUT2D eigenvalue weighted by molar-refractivity contribution is 5.61. The zero-order valence-electron chi connectivity index (χ0n) is 10.1. The molecule has 0 aliphatic carbocycles. The standard InChI is InChI=1S/C12H13FN4O2/c13-10-2-3-12(17(18)19)11(8-10)15-4-1-6-16-7-5-14-9-16/h2-3,5,7-9,15H,1,4,6H2. The molecule has 0 aliphatic heterocycles. The number of hydrogen-bond acceptors (Lipinski definition) is 4. The summed E-state index contributed by atoms with van der Waals surface area (Å²) in [6.07, 6.45) is 5.98. The molecule has 0 bridgehead atoms. The number of anilines is 1. The summed E-state index contributed by atoms with van der Waals surface area (Å²) < 4.78 is 15.0. The van der Waals surface area contributed by atoms with E-state index >= 15 is 0 Å². The van der Waals surface area contributed by atoms with Gasteiger partial charge in [-0.15, -0.1) is 0 Å². The van der Waals surface area contributed by atoms with E-state index in [1.54, 1.807) is 12.5 Å². The van der Waals surface area contributed by atoms with E-state index in [9.17, 15) is 14.5 Å². The Bertz CT molecular complexity index is 557. The fourth-order valence-electron chi connectivity index (χ4n) is 1.71. The molecule has 1 heterocycles. The van der Waals surface area contributed by atoms with Crippen molar-refractivity contribution in [1.29, 1.82) is 0 Å². The number of benzene rings is 1. The van der Waals surface area contributed by atoms with Crippen LogP contribution >= 0.6 is 0 Å². The van der Waals surface area contributed by atoms with E-state index in [1.807, 2.05) is 10.8 Å². The van der Waals surface area contributed by atoms with Crippen LogP contribution in [0.4, 0.5) is 15.8 Å². The van der Waals surface area contributed by atoms with E-state index in [4.69, 9.17) is 0 Å². The van der Waals surface area contributed by atoms with Crippen LogP contribution in [0.25, 0.3) is 0 Å². The summed E-state index contributed by atoms with van der Waals surface area (Å²) in [5.41, 5.74) is 0.0830. The Morgan fingerprint density at radius 1 is 1.47 bits per heavy atom. The lowest BCUT2D eigenvalue weighted by molar-refractivity contribution is -0.384. The number of rotatable bonds is 6. The molecule has 0 radical (unpaired) electrons. The molecule has 0 aliphatic rings. The molecular weight excluding hydrogens is 251 g/mol. The van der Waals surface area contributed by atoms with E-state index in [0.717, 1.165) is 31.2 Å². The lowest BCUT2D eigenvalue weighted by Gasteiger charge is -2.07. The molecule has 19 heavy (non-hydrogen) atoms. The van der Waals surface area contributed by atoms with Gasteiger partial charge in [0.05, 0.1) is 11.3 Å². The molecule has 0 spiro atoms. The van der Waals surface area contributed by atoms with Crippen molar-refractivity contribution in [2.75, 3.05) is 11.9 Å². The minimum atomic E-state index is -0.530. The number of hydrogen-bond donors (Lipinski definition) is 1. The molecule has 0 saturated carbocycles. The summed E-state index contributed by atoms with van der Waals surface area (Å²) in [6, 6.07) is 3.37. The number of aryl methyl sites for hydroxylation is 1. The SMILES string of the molecule is O=[N+]([O-])c1ccc(F)cc1NCCCn1ccnc1. The van der Waals surface area contributed by atoms with Crippen molar-refractivity contribution in [1.82, 2.24) is 9.55 Å². The molecule has 1 N–H and O–H groups in total. The van der Waals surface area contributed by atoms with E-state index < -0.39 is 10.7 Å². The number of nitrogens with one attached hydrogen (secondary N) is 1. The maximum atomic E-state index is 13.1. The van der Waals surface area contributed by atoms with Crippen LogP contribution in [-0.2, 0) is 6.54 Å². The molecule has 0 atom stereocenters. The molecule has 0 fully saturated rings. The average Bonchev–Trinajstić information content (AvgIpc) is 2.87. The van der Waals surface area contributed by atoms with Crippen LogP contribution in [0, 0.1) is 15.9 Å². The van der Waals surface area contributed by atoms with Crippen molar-refractivity contribution in [2.45, 2.75) is 13.0 Å². The highest BCUT2D eigenvalue weighted by atomic mass is 19.1. The third-order valence-electron chi connectivity index (χ3n) is 2.62. The predicted octanol–water partition coefficient (Wildman–Crippen LogP) is 2.43. The molecule has 2 aromatic rings. The quantitative estimate of drug-likeness (QED) is 0.494. The molecule has 1 aromatic carbocycles. The summed E-state index contributed by atoms with van der Waals surface area (Å²) in [4.78, 5) is 14.2. The predicted molar refractivity (Wildman–Crippen MR) is 68.4 cm³/mol. The molecule has 1 aromatic heterocycles. The van der Waals surface area contributed by atoms with Gasteiger partial charge in [-0.1, -0.05) is 0 Å². The summed E-state index contributed by atoms with van der Waals surface area (Å²) in [5, 5.41) is 13.7. The second-order valence-corrected chi connectivity index (χ2v) is 4.00. The Hall–Kier alpha value is -2.44. The summed E-state index contributed by atoms with van der Waals surface area (Å²) in [5.74, 6) is -0.497. The molecule has 7 heteroatoms. The van der Waals surface area contributed by atoms with Crippen molar-refractivity contribution in [2.24, 2.45) is 0 Å².